The third-order valence-corrected chi connectivity index (χ3v) is 5.98. The number of ether oxygens (including phenoxy) is 1. The van der Waals surface area contributed by atoms with Crippen molar-refractivity contribution in [3.8, 4) is 11.6 Å². The fourth-order valence-electron chi connectivity index (χ4n) is 2.49. The molecule has 1 aromatic carbocycles. The van der Waals surface area contributed by atoms with Crippen molar-refractivity contribution in [3.63, 3.8) is 0 Å². The molecule has 0 bridgehead atoms. The highest BCUT2D eigenvalue weighted by Gasteiger charge is 2.32. The number of pyridine rings is 1. The van der Waals surface area contributed by atoms with Gasteiger partial charge in [-0.1, -0.05) is 11.6 Å². The maximum absolute atomic E-state index is 13.1. The molecule has 0 aliphatic carbocycles. The van der Waals surface area contributed by atoms with E-state index in [1.54, 1.807) is 6.07 Å². The van der Waals surface area contributed by atoms with Crippen molar-refractivity contribution in [1.29, 1.82) is 0 Å². The molecule has 0 radical (unpaired) electrons. The average molecular weight is 558 g/mol. The van der Waals surface area contributed by atoms with Crippen LogP contribution in [0, 0.1) is 3.57 Å². The van der Waals surface area contributed by atoms with Crippen LogP contribution in [0.15, 0.2) is 53.8 Å². The molecule has 0 atom stereocenters. The van der Waals surface area contributed by atoms with Crippen LogP contribution in [0.4, 0.5) is 18.9 Å². The number of aromatic nitrogens is 2. The smallest absolute Gasteiger partial charge is 0.416 e. The Labute approximate surface area is 182 Å². The zero-order valence-electron chi connectivity index (χ0n) is 14.5. The Balaban J connectivity index is 2.03. The highest BCUT2D eigenvalue weighted by atomic mass is 127. The summed E-state index contributed by atoms with van der Waals surface area (Å²) in [6, 6.07) is 6.95. The molecule has 3 rings (SSSR count). The van der Waals surface area contributed by atoms with Gasteiger partial charge in [-0.25, -0.2) is 4.98 Å². The summed E-state index contributed by atoms with van der Waals surface area (Å²) in [7, 11) is -3.09. The summed E-state index contributed by atoms with van der Waals surface area (Å²) < 4.78 is 74.0. The Hall–Kier alpha value is -1.99. The van der Waals surface area contributed by atoms with E-state index in [1.165, 1.54) is 36.2 Å². The molecule has 0 aliphatic heterocycles. The second-order valence-electron chi connectivity index (χ2n) is 5.73. The van der Waals surface area contributed by atoms with Crippen LogP contribution < -0.4 is 9.46 Å². The van der Waals surface area contributed by atoms with Crippen molar-refractivity contribution in [2.45, 2.75) is 11.2 Å². The van der Waals surface area contributed by atoms with Crippen molar-refractivity contribution in [1.82, 2.24) is 9.55 Å². The van der Waals surface area contributed by atoms with Gasteiger partial charge in [0.05, 0.1) is 23.4 Å². The third kappa shape index (κ3) is 4.78. The molecular formula is C17H12ClF3IN3O3S. The Morgan fingerprint density at radius 1 is 1.24 bits per heavy atom. The minimum Gasteiger partial charge on any atom is -0.497 e. The first-order valence-corrected chi connectivity index (χ1v) is 10.7. The first kappa shape index (κ1) is 21.7. The fourth-order valence-corrected chi connectivity index (χ4v) is 4.58. The van der Waals surface area contributed by atoms with E-state index >= 15 is 0 Å². The zero-order chi connectivity index (χ0) is 21.4. The highest BCUT2D eigenvalue weighted by molar-refractivity contribution is 14.1. The number of nitrogens with one attached hydrogen (secondary N) is 1. The van der Waals surface area contributed by atoms with Crippen molar-refractivity contribution in [2.75, 3.05) is 11.8 Å². The molecule has 3 aromatic rings. The molecule has 0 spiro atoms. The molecule has 0 amide bonds. The lowest BCUT2D eigenvalue weighted by atomic mass is 10.2. The first-order valence-electron chi connectivity index (χ1n) is 7.79. The van der Waals surface area contributed by atoms with E-state index in [0.29, 0.717) is 6.07 Å². The van der Waals surface area contributed by atoms with E-state index in [9.17, 15) is 21.6 Å². The molecule has 154 valence electrons. The predicted octanol–water partition coefficient (Wildman–Crippen LogP) is 4.96. The minimum atomic E-state index is -4.67. The number of nitrogens with zero attached hydrogens (tertiary/aromatic N) is 2. The van der Waals surface area contributed by atoms with E-state index in [1.807, 2.05) is 22.6 Å². The van der Waals surface area contributed by atoms with Gasteiger partial charge >= 0.3 is 6.18 Å². The Morgan fingerprint density at radius 2 is 1.97 bits per heavy atom. The van der Waals surface area contributed by atoms with Crippen LogP contribution in [-0.4, -0.2) is 25.1 Å². The van der Waals surface area contributed by atoms with Crippen LogP contribution in [0.2, 0.25) is 5.02 Å². The molecule has 1 N–H and O–H groups in total. The van der Waals surface area contributed by atoms with E-state index in [2.05, 4.69) is 9.71 Å². The summed E-state index contributed by atoms with van der Waals surface area (Å²) in [5, 5.41) is -0.0326. The van der Waals surface area contributed by atoms with Gasteiger partial charge in [-0.2, -0.15) is 21.6 Å². The number of rotatable bonds is 5. The van der Waals surface area contributed by atoms with Crippen LogP contribution in [0.1, 0.15) is 5.56 Å². The number of methoxy groups -OCH3 is 1. The molecular weight excluding hydrogens is 546 g/mol. The summed E-state index contributed by atoms with van der Waals surface area (Å²) in [5.41, 5.74) is -1.35. The summed E-state index contributed by atoms with van der Waals surface area (Å²) in [5.74, 6) is 0.0225. The summed E-state index contributed by atoms with van der Waals surface area (Å²) in [4.78, 5) is 4.14. The lowest BCUT2D eigenvalue weighted by molar-refractivity contribution is -0.137. The molecule has 6 nitrogen and oxygen atoms in total. The Kier molecular flexibility index (Phi) is 6.01. The topological polar surface area (TPSA) is 73.2 Å². The van der Waals surface area contributed by atoms with Crippen LogP contribution in [0.25, 0.3) is 5.82 Å². The molecule has 12 heteroatoms. The van der Waals surface area contributed by atoms with Gasteiger partial charge in [0.1, 0.15) is 5.75 Å². The molecule has 0 saturated carbocycles. The highest BCUT2D eigenvalue weighted by Crippen LogP contribution is 2.35. The number of hydrogen-bond acceptors (Lipinski definition) is 4. The van der Waals surface area contributed by atoms with Crippen molar-refractivity contribution in [2.24, 2.45) is 0 Å². The Bertz CT molecular complexity index is 1170. The Morgan fingerprint density at radius 3 is 2.59 bits per heavy atom. The second-order valence-corrected chi connectivity index (χ2v) is 9.01. The molecule has 0 fully saturated rings. The van der Waals surface area contributed by atoms with E-state index in [4.69, 9.17) is 16.3 Å². The molecule has 2 aromatic heterocycles. The standard InChI is InChI=1S/C17H12ClF3IN3O3S/c1-28-13-6-10(17(19,20)21)5-12(8-13)24-29(26,27)15-3-2-4-25(15)16-14(18)7-11(22)9-23-16/h2-9,24H,1H3. The summed E-state index contributed by atoms with van der Waals surface area (Å²) in [6.07, 6.45) is -1.74. The molecule has 0 saturated heterocycles. The largest absolute Gasteiger partial charge is 0.497 e. The molecule has 2 heterocycles. The number of benzene rings is 1. The van der Waals surface area contributed by atoms with Crippen LogP contribution in [-0.2, 0) is 16.2 Å². The maximum atomic E-state index is 13.1. The van der Waals surface area contributed by atoms with Gasteiger partial charge < -0.3 is 4.74 Å². The van der Waals surface area contributed by atoms with Crippen molar-refractivity contribution >= 4 is 49.9 Å². The monoisotopic (exact) mass is 557 g/mol. The van der Waals surface area contributed by atoms with Gasteiger partial charge in [-0.05, 0) is 52.9 Å². The minimum absolute atomic E-state index is 0.143. The van der Waals surface area contributed by atoms with Gasteiger partial charge in [-0.15, -0.1) is 0 Å². The van der Waals surface area contributed by atoms with Gasteiger partial charge in [0.2, 0.25) is 0 Å². The third-order valence-electron chi connectivity index (χ3n) is 3.73. The predicted molar refractivity (Wildman–Crippen MR) is 110 cm³/mol. The van der Waals surface area contributed by atoms with Crippen molar-refractivity contribution < 1.29 is 26.3 Å². The maximum Gasteiger partial charge on any atom is 0.416 e. The van der Waals surface area contributed by atoms with Crippen molar-refractivity contribution in [3.05, 3.63) is 62.9 Å². The quantitative estimate of drug-likeness (QED) is 0.450. The van der Waals surface area contributed by atoms with Crippen LogP contribution >= 0.6 is 34.2 Å². The van der Waals surface area contributed by atoms with Gasteiger partial charge in [0, 0.05) is 22.0 Å². The summed E-state index contributed by atoms with van der Waals surface area (Å²) in [6.45, 7) is 0. The van der Waals surface area contributed by atoms with E-state index in [-0.39, 0.29) is 27.3 Å². The molecule has 29 heavy (non-hydrogen) atoms. The number of sulfonamides is 1. The van der Waals surface area contributed by atoms with Gasteiger partial charge in [0.25, 0.3) is 10.0 Å². The lowest BCUT2D eigenvalue weighted by Gasteiger charge is -2.15. The molecule has 0 aliphatic rings. The van der Waals surface area contributed by atoms with Gasteiger partial charge in [-0.3, -0.25) is 9.29 Å². The lowest BCUT2D eigenvalue weighted by Crippen LogP contribution is -2.18. The van der Waals surface area contributed by atoms with E-state index < -0.39 is 21.8 Å². The number of anilines is 1. The first-order chi connectivity index (χ1) is 13.5. The zero-order valence-corrected chi connectivity index (χ0v) is 18.3. The number of halogens is 5. The second kappa shape index (κ2) is 8.03. The number of hydrogen-bond donors (Lipinski definition) is 1. The van der Waals surface area contributed by atoms with Crippen LogP contribution in [0.3, 0.4) is 0 Å². The van der Waals surface area contributed by atoms with Crippen LogP contribution in [0.5, 0.6) is 5.75 Å². The fraction of sp³-hybridized carbons (Fsp3) is 0.118. The number of alkyl halides is 3. The normalized spacial score (nSPS) is 12.1. The average Bonchev–Trinajstić information content (AvgIpc) is 3.10. The molecule has 0 unspecified atom stereocenters. The van der Waals surface area contributed by atoms with Gasteiger partial charge in [0.15, 0.2) is 10.8 Å². The van der Waals surface area contributed by atoms with E-state index in [0.717, 1.165) is 15.7 Å². The SMILES string of the molecule is COc1cc(NS(=O)(=O)c2cccn2-c2ncc(I)cc2Cl)cc(C(F)(F)F)c1. The summed E-state index contributed by atoms with van der Waals surface area (Å²) >= 11 is 8.17.